The number of amides is 1. The van der Waals surface area contributed by atoms with E-state index in [-0.39, 0.29) is 5.91 Å². The molecule has 0 saturated heterocycles. The predicted octanol–water partition coefficient (Wildman–Crippen LogP) is 1.56. The lowest BCUT2D eigenvalue weighted by Crippen LogP contribution is -2.56. The van der Waals surface area contributed by atoms with E-state index in [0.717, 1.165) is 19.3 Å². The lowest BCUT2D eigenvalue weighted by atomic mass is 9.79. The summed E-state index contributed by atoms with van der Waals surface area (Å²) in [5.74, 6) is 0.389. The van der Waals surface area contributed by atoms with Crippen molar-refractivity contribution in [3.63, 3.8) is 0 Å². The summed E-state index contributed by atoms with van der Waals surface area (Å²) in [5, 5.41) is 13.3. The van der Waals surface area contributed by atoms with Crippen molar-refractivity contribution < 1.29 is 9.90 Å². The first-order chi connectivity index (χ1) is 8.35. The maximum absolute atomic E-state index is 12.0. The molecule has 1 saturated carbocycles. The predicted molar refractivity (Wildman–Crippen MR) is 73.1 cm³/mol. The highest BCUT2D eigenvalue weighted by Crippen LogP contribution is 2.31. The van der Waals surface area contributed by atoms with Gasteiger partial charge in [0.2, 0.25) is 5.91 Å². The second-order valence-corrected chi connectivity index (χ2v) is 5.97. The van der Waals surface area contributed by atoms with Gasteiger partial charge in [0.25, 0.3) is 0 Å². The molecule has 1 rings (SSSR count). The van der Waals surface area contributed by atoms with Crippen LogP contribution in [-0.2, 0) is 4.79 Å². The number of nitrogens with two attached hydrogens (primary N) is 1. The van der Waals surface area contributed by atoms with E-state index in [1.165, 1.54) is 6.42 Å². The average Bonchev–Trinajstić information content (AvgIpc) is 2.34. The van der Waals surface area contributed by atoms with E-state index < -0.39 is 11.1 Å². The fraction of sp³-hybridized carbons (Fsp3) is 0.929. The Kier molecular flexibility index (Phi) is 5.17. The fourth-order valence-corrected chi connectivity index (χ4v) is 2.78. The van der Waals surface area contributed by atoms with Crippen molar-refractivity contribution in [2.24, 2.45) is 11.7 Å². The SMILES string of the molecule is CCC(N)(CC)C(=O)NCC1(O)CCCC(C)C1. The molecule has 4 heteroatoms. The van der Waals surface area contributed by atoms with Gasteiger partial charge in [0, 0.05) is 6.54 Å². The van der Waals surface area contributed by atoms with Crippen LogP contribution in [0.25, 0.3) is 0 Å². The topological polar surface area (TPSA) is 75.4 Å². The summed E-state index contributed by atoms with van der Waals surface area (Å²) in [7, 11) is 0. The van der Waals surface area contributed by atoms with Crippen LogP contribution >= 0.6 is 0 Å². The molecule has 1 fully saturated rings. The molecule has 0 bridgehead atoms. The van der Waals surface area contributed by atoms with Crippen LogP contribution in [-0.4, -0.2) is 28.7 Å². The minimum atomic E-state index is -0.795. The second kappa shape index (κ2) is 6.02. The van der Waals surface area contributed by atoms with Crippen LogP contribution in [0.15, 0.2) is 0 Å². The Morgan fingerprint density at radius 2 is 2.11 bits per heavy atom. The number of carbonyl (C=O) groups excluding carboxylic acids is 1. The van der Waals surface area contributed by atoms with Gasteiger partial charge in [-0.3, -0.25) is 4.79 Å². The van der Waals surface area contributed by atoms with Crippen LogP contribution in [0.2, 0.25) is 0 Å². The van der Waals surface area contributed by atoms with Crippen molar-refractivity contribution in [3.8, 4) is 0 Å². The van der Waals surface area contributed by atoms with Crippen molar-refractivity contribution in [1.29, 1.82) is 0 Å². The van der Waals surface area contributed by atoms with Crippen molar-refractivity contribution in [2.75, 3.05) is 6.54 Å². The smallest absolute Gasteiger partial charge is 0.240 e. The maximum atomic E-state index is 12.0. The molecule has 2 atom stereocenters. The van der Waals surface area contributed by atoms with Crippen LogP contribution in [0, 0.1) is 5.92 Å². The highest BCUT2D eigenvalue weighted by Gasteiger charge is 2.35. The van der Waals surface area contributed by atoms with E-state index in [1.54, 1.807) is 0 Å². The van der Waals surface area contributed by atoms with E-state index in [9.17, 15) is 9.90 Å². The van der Waals surface area contributed by atoms with Crippen molar-refractivity contribution in [3.05, 3.63) is 0 Å². The first-order valence-corrected chi connectivity index (χ1v) is 7.15. The lowest BCUT2D eigenvalue weighted by Gasteiger charge is -2.36. The van der Waals surface area contributed by atoms with E-state index in [1.807, 2.05) is 13.8 Å². The standard InChI is InChI=1S/C14H28N2O2/c1-4-14(15,5-2)12(17)16-10-13(18)8-6-7-11(3)9-13/h11,18H,4-10,15H2,1-3H3,(H,16,17). The molecule has 1 aliphatic carbocycles. The summed E-state index contributed by atoms with van der Waals surface area (Å²) in [4.78, 5) is 12.0. The highest BCUT2D eigenvalue weighted by molar-refractivity contribution is 5.85. The maximum Gasteiger partial charge on any atom is 0.240 e. The van der Waals surface area contributed by atoms with Crippen LogP contribution in [0.4, 0.5) is 0 Å². The van der Waals surface area contributed by atoms with Crippen molar-refractivity contribution >= 4 is 5.91 Å². The zero-order chi connectivity index (χ0) is 13.8. The average molecular weight is 256 g/mol. The zero-order valence-corrected chi connectivity index (χ0v) is 12.0. The van der Waals surface area contributed by atoms with Crippen molar-refractivity contribution in [1.82, 2.24) is 5.32 Å². The van der Waals surface area contributed by atoms with Crippen LogP contribution < -0.4 is 11.1 Å². The quantitative estimate of drug-likeness (QED) is 0.699. The minimum absolute atomic E-state index is 0.140. The third kappa shape index (κ3) is 3.69. The molecule has 106 valence electrons. The number of aliphatic hydroxyl groups is 1. The summed E-state index contributed by atoms with van der Waals surface area (Å²) in [6.07, 6.45) is 4.97. The molecule has 0 aromatic rings. The minimum Gasteiger partial charge on any atom is -0.388 e. The molecule has 0 spiro atoms. The van der Waals surface area contributed by atoms with Gasteiger partial charge in [-0.2, -0.15) is 0 Å². The largest absolute Gasteiger partial charge is 0.388 e. The van der Waals surface area contributed by atoms with Crippen molar-refractivity contribution in [2.45, 2.75) is 70.4 Å². The van der Waals surface area contributed by atoms with Gasteiger partial charge in [0.1, 0.15) is 0 Å². The van der Waals surface area contributed by atoms with Gasteiger partial charge in [-0.1, -0.05) is 33.6 Å². The highest BCUT2D eigenvalue weighted by atomic mass is 16.3. The zero-order valence-electron chi connectivity index (χ0n) is 12.0. The van der Waals surface area contributed by atoms with Crippen LogP contribution in [0.1, 0.15) is 59.3 Å². The molecule has 4 nitrogen and oxygen atoms in total. The molecule has 0 aromatic heterocycles. The van der Waals surface area contributed by atoms with Crippen LogP contribution in [0.5, 0.6) is 0 Å². The number of hydrogen-bond donors (Lipinski definition) is 3. The van der Waals surface area contributed by atoms with Gasteiger partial charge in [-0.15, -0.1) is 0 Å². The Bertz CT molecular complexity index is 290. The first kappa shape index (κ1) is 15.4. The molecule has 18 heavy (non-hydrogen) atoms. The Morgan fingerprint density at radius 1 is 1.50 bits per heavy atom. The molecular weight excluding hydrogens is 228 g/mol. The van der Waals surface area contributed by atoms with E-state index in [4.69, 9.17) is 5.73 Å². The number of nitrogens with one attached hydrogen (secondary N) is 1. The summed E-state index contributed by atoms with van der Waals surface area (Å²) in [6.45, 7) is 6.31. The summed E-state index contributed by atoms with van der Waals surface area (Å²) in [5.41, 5.74) is 4.50. The molecule has 0 heterocycles. The monoisotopic (exact) mass is 256 g/mol. The lowest BCUT2D eigenvalue weighted by molar-refractivity contribution is -0.128. The Labute approximate surface area is 110 Å². The second-order valence-electron chi connectivity index (χ2n) is 5.97. The van der Waals surface area contributed by atoms with Gasteiger partial charge in [-0.05, 0) is 31.6 Å². The Balaban J connectivity index is 2.51. The van der Waals surface area contributed by atoms with Gasteiger partial charge in [-0.25, -0.2) is 0 Å². The Hall–Kier alpha value is -0.610. The normalized spacial score (nSPS) is 29.1. The van der Waals surface area contributed by atoms with Gasteiger partial charge >= 0.3 is 0 Å². The van der Waals surface area contributed by atoms with E-state index in [0.29, 0.717) is 25.3 Å². The third-order valence-corrected chi connectivity index (χ3v) is 4.36. The molecular formula is C14H28N2O2. The summed E-state index contributed by atoms with van der Waals surface area (Å²) >= 11 is 0. The first-order valence-electron chi connectivity index (χ1n) is 7.15. The van der Waals surface area contributed by atoms with Gasteiger partial charge in [0.15, 0.2) is 0 Å². The van der Waals surface area contributed by atoms with Gasteiger partial charge in [0.05, 0.1) is 11.1 Å². The molecule has 0 aliphatic heterocycles. The molecule has 0 radical (unpaired) electrons. The van der Waals surface area contributed by atoms with E-state index in [2.05, 4.69) is 12.2 Å². The summed E-state index contributed by atoms with van der Waals surface area (Å²) in [6, 6.07) is 0. The van der Waals surface area contributed by atoms with Crippen LogP contribution in [0.3, 0.4) is 0 Å². The molecule has 1 amide bonds. The molecule has 1 aliphatic rings. The summed E-state index contributed by atoms with van der Waals surface area (Å²) < 4.78 is 0. The molecule has 0 aromatic carbocycles. The number of carbonyl (C=O) groups is 1. The third-order valence-electron chi connectivity index (χ3n) is 4.36. The molecule has 4 N–H and O–H groups in total. The number of rotatable bonds is 5. The fourth-order valence-electron chi connectivity index (χ4n) is 2.78. The number of hydrogen-bond acceptors (Lipinski definition) is 3. The Morgan fingerprint density at radius 3 is 2.61 bits per heavy atom. The van der Waals surface area contributed by atoms with E-state index >= 15 is 0 Å². The molecule has 2 unspecified atom stereocenters. The van der Waals surface area contributed by atoms with Gasteiger partial charge < -0.3 is 16.2 Å².